The fourth-order valence-corrected chi connectivity index (χ4v) is 6.35. The van der Waals surface area contributed by atoms with Crippen molar-refractivity contribution in [1.29, 1.82) is 0 Å². The topological polar surface area (TPSA) is 62.8 Å². The van der Waals surface area contributed by atoms with Gasteiger partial charge in [-0.1, -0.05) is 121 Å². The number of para-hydroxylation sites is 1. The summed E-state index contributed by atoms with van der Waals surface area (Å²) in [5.41, 5.74) is 8.77. The quantitative estimate of drug-likeness (QED) is 0.226. The Balaban J connectivity index is 1.19. The van der Waals surface area contributed by atoms with Crippen LogP contribution in [0.4, 0.5) is 0 Å². The maximum atomic E-state index is 6.30. The number of rotatable bonds is 4. The Morgan fingerprint density at radius 2 is 1.22 bits per heavy atom. The van der Waals surface area contributed by atoms with Gasteiger partial charge >= 0.3 is 0 Å². The summed E-state index contributed by atoms with van der Waals surface area (Å²) in [4.78, 5) is 15.3. The smallest absolute Gasteiger partial charge is 0.170 e. The molecule has 0 unspecified atom stereocenters. The Kier molecular flexibility index (Phi) is 5.81. The molecule has 1 N–H and O–H groups in total. The molecule has 1 aliphatic heterocycles. The molecule has 2 aromatic heterocycles. The van der Waals surface area contributed by atoms with Gasteiger partial charge in [0.05, 0.1) is 10.9 Å². The number of furan rings is 1. The molecular formula is C40H26N4O. The predicted molar refractivity (Wildman–Crippen MR) is 184 cm³/mol. The van der Waals surface area contributed by atoms with Gasteiger partial charge in [0.25, 0.3) is 0 Å². The summed E-state index contributed by atoms with van der Waals surface area (Å²) in [6, 6.07) is 49.9. The number of pyridine rings is 1. The van der Waals surface area contributed by atoms with Crippen LogP contribution in [0.2, 0.25) is 0 Å². The first-order valence-corrected chi connectivity index (χ1v) is 15.1. The Hall–Kier alpha value is -6.07. The van der Waals surface area contributed by atoms with Crippen LogP contribution in [0.15, 0.2) is 160 Å². The Bertz CT molecular complexity index is 2410. The van der Waals surface area contributed by atoms with E-state index in [2.05, 4.69) is 90.2 Å². The van der Waals surface area contributed by atoms with E-state index in [9.17, 15) is 0 Å². The summed E-state index contributed by atoms with van der Waals surface area (Å²) in [6.07, 6.45) is -0.398. The molecule has 0 saturated heterocycles. The standard InChI is InChI=1S/C40H26N4O/c1-3-11-25(12-4-1)38-42-39(26-13-5-2-6-14-26)44-40(43-38)32-18-9-16-27-23-28(21-22-30(27)32)31-17-10-20-34-36(31)37-35(45-34)24-29-15-7-8-19-33(29)41-37/h1-24,40H,(H,42,43,44). The molecule has 0 atom stereocenters. The van der Waals surface area contributed by atoms with Crippen molar-refractivity contribution in [2.45, 2.75) is 6.17 Å². The molecule has 0 radical (unpaired) electrons. The largest absolute Gasteiger partial charge is 0.454 e. The second-order valence-electron chi connectivity index (χ2n) is 11.3. The van der Waals surface area contributed by atoms with Gasteiger partial charge in [0.1, 0.15) is 22.8 Å². The molecule has 0 aliphatic carbocycles. The van der Waals surface area contributed by atoms with Gasteiger partial charge in [-0.15, -0.1) is 0 Å². The zero-order valence-corrected chi connectivity index (χ0v) is 24.2. The van der Waals surface area contributed by atoms with Crippen LogP contribution in [-0.2, 0) is 0 Å². The summed E-state index contributed by atoms with van der Waals surface area (Å²) in [7, 11) is 0. The molecule has 0 fully saturated rings. The number of nitrogens with one attached hydrogen (secondary N) is 1. The molecule has 5 nitrogen and oxygen atoms in total. The molecule has 6 aromatic carbocycles. The molecule has 0 amide bonds. The highest BCUT2D eigenvalue weighted by molar-refractivity contribution is 6.16. The van der Waals surface area contributed by atoms with Crippen LogP contribution in [0.1, 0.15) is 22.9 Å². The molecule has 0 bridgehead atoms. The average molecular weight is 579 g/mol. The molecule has 3 heterocycles. The summed E-state index contributed by atoms with van der Waals surface area (Å²) >= 11 is 0. The monoisotopic (exact) mass is 578 g/mol. The first-order valence-electron chi connectivity index (χ1n) is 15.1. The van der Waals surface area contributed by atoms with E-state index in [1.165, 1.54) is 0 Å². The zero-order chi connectivity index (χ0) is 29.7. The predicted octanol–water partition coefficient (Wildman–Crippen LogP) is 9.45. The van der Waals surface area contributed by atoms with Crippen LogP contribution in [0.3, 0.4) is 0 Å². The number of benzene rings is 6. The van der Waals surface area contributed by atoms with E-state index in [-0.39, 0.29) is 0 Å². The van der Waals surface area contributed by atoms with Crippen LogP contribution in [0, 0.1) is 0 Å². The van der Waals surface area contributed by atoms with Crippen molar-refractivity contribution in [3.63, 3.8) is 0 Å². The number of fused-ring (bicyclic) bond motifs is 5. The highest BCUT2D eigenvalue weighted by Gasteiger charge is 2.22. The first-order chi connectivity index (χ1) is 22.3. The first kappa shape index (κ1) is 25.4. The van der Waals surface area contributed by atoms with Crippen LogP contribution < -0.4 is 5.32 Å². The van der Waals surface area contributed by atoms with E-state index in [0.29, 0.717) is 0 Å². The Morgan fingerprint density at radius 3 is 2.00 bits per heavy atom. The number of amidine groups is 2. The maximum Gasteiger partial charge on any atom is 0.170 e. The van der Waals surface area contributed by atoms with Crippen LogP contribution in [-0.4, -0.2) is 16.7 Å². The van der Waals surface area contributed by atoms with Crippen molar-refractivity contribution in [3.05, 3.63) is 162 Å². The van der Waals surface area contributed by atoms with Gasteiger partial charge in [0, 0.05) is 22.1 Å². The number of hydrogen-bond donors (Lipinski definition) is 1. The highest BCUT2D eigenvalue weighted by atomic mass is 16.3. The lowest BCUT2D eigenvalue weighted by Gasteiger charge is -2.23. The lowest BCUT2D eigenvalue weighted by molar-refractivity contribution is 0.669. The van der Waals surface area contributed by atoms with Crippen LogP contribution >= 0.6 is 0 Å². The Morgan fingerprint density at radius 1 is 0.533 bits per heavy atom. The minimum Gasteiger partial charge on any atom is -0.454 e. The van der Waals surface area contributed by atoms with Gasteiger partial charge < -0.3 is 9.73 Å². The van der Waals surface area contributed by atoms with Crippen molar-refractivity contribution in [2.24, 2.45) is 9.98 Å². The van der Waals surface area contributed by atoms with Crippen molar-refractivity contribution >= 4 is 55.4 Å². The SMILES string of the molecule is c1ccc(C2=NC(c3cccc4cc(-c5cccc6oc7cc8ccccc8nc7c56)ccc34)N=C(c3ccccc3)N2)cc1. The van der Waals surface area contributed by atoms with E-state index < -0.39 is 6.17 Å². The highest BCUT2D eigenvalue weighted by Crippen LogP contribution is 2.39. The van der Waals surface area contributed by atoms with E-state index in [1.807, 2.05) is 60.7 Å². The molecule has 212 valence electrons. The zero-order valence-electron chi connectivity index (χ0n) is 24.2. The van der Waals surface area contributed by atoms with Gasteiger partial charge in [-0.3, -0.25) is 0 Å². The minimum absolute atomic E-state index is 0.398. The normalized spacial score (nSPS) is 13.7. The van der Waals surface area contributed by atoms with E-state index in [1.54, 1.807) is 0 Å². The third-order valence-corrected chi connectivity index (χ3v) is 8.51. The van der Waals surface area contributed by atoms with Crippen molar-refractivity contribution < 1.29 is 4.42 Å². The molecule has 9 rings (SSSR count). The summed E-state index contributed by atoms with van der Waals surface area (Å²) < 4.78 is 6.30. The molecule has 8 aromatic rings. The summed E-state index contributed by atoms with van der Waals surface area (Å²) in [5, 5.41) is 7.83. The van der Waals surface area contributed by atoms with Crippen molar-refractivity contribution in [3.8, 4) is 11.1 Å². The van der Waals surface area contributed by atoms with Crippen LogP contribution in [0.5, 0.6) is 0 Å². The van der Waals surface area contributed by atoms with Crippen molar-refractivity contribution in [1.82, 2.24) is 10.3 Å². The van der Waals surface area contributed by atoms with Crippen molar-refractivity contribution in [2.75, 3.05) is 0 Å². The van der Waals surface area contributed by atoms with E-state index in [0.717, 1.165) is 83.2 Å². The Labute approximate surface area is 259 Å². The van der Waals surface area contributed by atoms with E-state index >= 15 is 0 Å². The summed E-state index contributed by atoms with van der Waals surface area (Å²) in [5.74, 6) is 1.61. The fourth-order valence-electron chi connectivity index (χ4n) is 6.35. The lowest BCUT2D eigenvalue weighted by Crippen LogP contribution is -2.36. The maximum absolute atomic E-state index is 6.30. The number of nitrogens with zero attached hydrogens (tertiary/aromatic N) is 3. The second kappa shape index (κ2) is 10.3. The van der Waals surface area contributed by atoms with Gasteiger partial charge in [-0.2, -0.15) is 0 Å². The summed E-state index contributed by atoms with van der Waals surface area (Å²) in [6.45, 7) is 0. The van der Waals surface area contributed by atoms with Gasteiger partial charge in [-0.05, 0) is 46.2 Å². The molecule has 0 saturated carbocycles. The molecular weight excluding hydrogens is 552 g/mol. The van der Waals surface area contributed by atoms with Gasteiger partial charge in [0.15, 0.2) is 11.7 Å². The van der Waals surface area contributed by atoms with E-state index in [4.69, 9.17) is 19.4 Å². The molecule has 0 spiro atoms. The number of aromatic nitrogens is 1. The second-order valence-corrected chi connectivity index (χ2v) is 11.3. The number of hydrogen-bond acceptors (Lipinski definition) is 5. The molecule has 5 heteroatoms. The fraction of sp³-hybridized carbons (Fsp3) is 0.0250. The van der Waals surface area contributed by atoms with Crippen LogP contribution in [0.25, 0.3) is 54.9 Å². The lowest BCUT2D eigenvalue weighted by atomic mass is 9.95. The van der Waals surface area contributed by atoms with Gasteiger partial charge in [-0.25, -0.2) is 15.0 Å². The van der Waals surface area contributed by atoms with Gasteiger partial charge in [0.2, 0.25) is 0 Å². The minimum atomic E-state index is -0.398. The third kappa shape index (κ3) is 4.36. The molecule has 45 heavy (non-hydrogen) atoms. The molecule has 1 aliphatic rings. The average Bonchev–Trinajstić information content (AvgIpc) is 3.48. The number of aliphatic imine (C=N–C) groups is 2. The third-order valence-electron chi connectivity index (χ3n) is 8.51.